The quantitative estimate of drug-likeness (QED) is 0.343. The fraction of sp³-hybridized carbons (Fsp3) is 0.241. The Morgan fingerprint density at radius 2 is 1.94 bits per heavy atom. The van der Waals surface area contributed by atoms with Crippen molar-refractivity contribution in [3.63, 3.8) is 0 Å². The summed E-state index contributed by atoms with van der Waals surface area (Å²) < 4.78 is 7.48. The topological polar surface area (TPSA) is 76.8 Å². The fourth-order valence-electron chi connectivity index (χ4n) is 4.41. The second-order valence-electron chi connectivity index (χ2n) is 9.00. The molecular formula is C29H28N4O3. The SMILES string of the molecule is O=C(c1cnc2ccccn2c1=O)N(Cc1cccc(OC[C@@H]2CC=CCC2)c1)Cc1ccccn1. The maximum Gasteiger partial charge on any atom is 0.270 e. The van der Waals surface area contributed by atoms with Crippen molar-refractivity contribution in [2.24, 2.45) is 5.92 Å². The van der Waals surface area contributed by atoms with Gasteiger partial charge >= 0.3 is 0 Å². The predicted octanol–water partition coefficient (Wildman–Crippen LogP) is 4.67. The van der Waals surface area contributed by atoms with Crippen LogP contribution in [0.1, 0.15) is 40.9 Å². The lowest BCUT2D eigenvalue weighted by molar-refractivity contribution is 0.0725. The van der Waals surface area contributed by atoms with E-state index in [4.69, 9.17) is 4.74 Å². The highest BCUT2D eigenvalue weighted by molar-refractivity contribution is 5.93. The van der Waals surface area contributed by atoms with Gasteiger partial charge in [-0.15, -0.1) is 0 Å². The van der Waals surface area contributed by atoms with Gasteiger partial charge in [-0.2, -0.15) is 0 Å². The standard InChI is InChI=1S/C29H28N4O3/c34-28(26-18-31-27-14-5-7-16-33(27)29(26)35)32(20-24-12-4-6-15-30-24)19-23-11-8-13-25(17-23)36-21-22-9-2-1-3-10-22/h1-2,4-8,11-18,22H,3,9-10,19-21H2/t22-/m1/s1. The van der Waals surface area contributed by atoms with Crippen molar-refractivity contribution in [1.29, 1.82) is 0 Å². The van der Waals surface area contributed by atoms with Gasteiger partial charge in [0.05, 0.1) is 18.8 Å². The Labute approximate surface area is 209 Å². The van der Waals surface area contributed by atoms with E-state index in [0.717, 1.165) is 36.3 Å². The molecule has 0 N–H and O–H groups in total. The van der Waals surface area contributed by atoms with E-state index >= 15 is 0 Å². The number of benzene rings is 1. The normalized spacial score (nSPS) is 15.1. The van der Waals surface area contributed by atoms with Gasteiger partial charge in [-0.25, -0.2) is 4.98 Å². The third kappa shape index (κ3) is 5.51. The number of fused-ring (bicyclic) bond motifs is 1. The van der Waals surface area contributed by atoms with Gasteiger partial charge in [0.2, 0.25) is 0 Å². The maximum atomic E-state index is 13.6. The van der Waals surface area contributed by atoms with Crippen molar-refractivity contribution in [2.45, 2.75) is 32.4 Å². The van der Waals surface area contributed by atoms with Gasteiger partial charge in [0.1, 0.15) is 17.0 Å². The van der Waals surface area contributed by atoms with Crippen molar-refractivity contribution >= 4 is 11.6 Å². The van der Waals surface area contributed by atoms with Crippen LogP contribution in [0.2, 0.25) is 0 Å². The number of nitrogens with zero attached hydrogens (tertiary/aromatic N) is 4. The average molecular weight is 481 g/mol. The first-order chi connectivity index (χ1) is 17.7. The largest absolute Gasteiger partial charge is 0.493 e. The van der Waals surface area contributed by atoms with Crippen molar-refractivity contribution in [1.82, 2.24) is 19.3 Å². The summed E-state index contributed by atoms with van der Waals surface area (Å²) in [7, 11) is 0. The zero-order chi connectivity index (χ0) is 24.7. The molecule has 1 aromatic carbocycles. The highest BCUT2D eigenvalue weighted by Crippen LogP contribution is 2.22. The molecule has 5 rings (SSSR count). The van der Waals surface area contributed by atoms with E-state index in [-0.39, 0.29) is 12.1 Å². The lowest BCUT2D eigenvalue weighted by Crippen LogP contribution is -2.35. The van der Waals surface area contributed by atoms with E-state index < -0.39 is 11.5 Å². The molecule has 0 saturated carbocycles. The Kier molecular flexibility index (Phi) is 7.17. The maximum absolute atomic E-state index is 13.6. The van der Waals surface area contributed by atoms with Crippen LogP contribution in [0.5, 0.6) is 5.75 Å². The first-order valence-corrected chi connectivity index (χ1v) is 12.2. The van der Waals surface area contributed by atoms with Crippen molar-refractivity contribution < 1.29 is 9.53 Å². The number of hydrogen-bond acceptors (Lipinski definition) is 5. The molecule has 3 heterocycles. The van der Waals surface area contributed by atoms with Crippen LogP contribution >= 0.6 is 0 Å². The number of hydrogen-bond donors (Lipinski definition) is 0. The van der Waals surface area contributed by atoms with Gasteiger partial charge in [0.15, 0.2) is 0 Å². The average Bonchev–Trinajstić information content (AvgIpc) is 2.93. The van der Waals surface area contributed by atoms with E-state index in [1.54, 1.807) is 35.5 Å². The molecule has 7 nitrogen and oxygen atoms in total. The summed E-state index contributed by atoms with van der Waals surface area (Å²) in [5, 5.41) is 0. The number of carbonyl (C=O) groups is 1. The molecule has 0 unspecified atom stereocenters. The third-order valence-corrected chi connectivity index (χ3v) is 6.35. The molecule has 1 aliphatic rings. The summed E-state index contributed by atoms with van der Waals surface area (Å²) in [6.07, 6.45) is 12.4. The highest BCUT2D eigenvalue weighted by atomic mass is 16.5. The molecule has 0 aliphatic heterocycles. The van der Waals surface area contributed by atoms with Crippen LogP contribution < -0.4 is 10.3 Å². The van der Waals surface area contributed by atoms with Crippen LogP contribution in [0.25, 0.3) is 5.65 Å². The first-order valence-electron chi connectivity index (χ1n) is 12.2. The zero-order valence-corrected chi connectivity index (χ0v) is 20.0. The second-order valence-corrected chi connectivity index (χ2v) is 9.00. The second kappa shape index (κ2) is 11.0. The third-order valence-electron chi connectivity index (χ3n) is 6.35. The van der Waals surface area contributed by atoms with E-state index in [1.807, 2.05) is 42.5 Å². The van der Waals surface area contributed by atoms with Crippen LogP contribution in [0.15, 0.2) is 96.2 Å². The van der Waals surface area contributed by atoms with Crippen molar-refractivity contribution in [3.05, 3.63) is 119 Å². The summed E-state index contributed by atoms with van der Waals surface area (Å²) in [5.41, 5.74) is 1.77. The molecule has 1 amide bonds. The number of pyridine rings is 2. The number of amides is 1. The molecule has 7 heteroatoms. The first kappa shape index (κ1) is 23.5. The molecule has 0 saturated heterocycles. The van der Waals surface area contributed by atoms with Gasteiger partial charge in [-0.1, -0.05) is 36.4 Å². The molecule has 4 aromatic rings. The van der Waals surface area contributed by atoms with Gasteiger partial charge < -0.3 is 9.64 Å². The monoisotopic (exact) mass is 480 g/mol. The van der Waals surface area contributed by atoms with Gasteiger partial charge in [0.25, 0.3) is 11.5 Å². The molecule has 0 radical (unpaired) electrons. The summed E-state index contributed by atoms with van der Waals surface area (Å²) in [5.74, 6) is 0.908. The van der Waals surface area contributed by atoms with Gasteiger partial charge in [-0.05, 0) is 67.1 Å². The summed E-state index contributed by atoms with van der Waals surface area (Å²) >= 11 is 0. The fourth-order valence-corrected chi connectivity index (χ4v) is 4.41. The van der Waals surface area contributed by atoms with Crippen LogP contribution in [-0.4, -0.2) is 31.8 Å². The lowest BCUT2D eigenvalue weighted by atomic mass is 9.95. The minimum Gasteiger partial charge on any atom is -0.493 e. The molecule has 0 fully saturated rings. The Morgan fingerprint density at radius 3 is 2.78 bits per heavy atom. The Hall–Kier alpha value is -4.26. The summed E-state index contributed by atoms with van der Waals surface area (Å²) in [6.45, 7) is 1.23. The molecule has 1 aliphatic carbocycles. The van der Waals surface area contributed by atoms with Crippen molar-refractivity contribution in [2.75, 3.05) is 6.61 Å². The number of carbonyl (C=O) groups excluding carboxylic acids is 1. The zero-order valence-electron chi connectivity index (χ0n) is 20.0. The summed E-state index contributed by atoms with van der Waals surface area (Å²) in [6, 6.07) is 18.6. The smallest absolute Gasteiger partial charge is 0.270 e. The van der Waals surface area contributed by atoms with Crippen LogP contribution in [0, 0.1) is 5.92 Å². The minimum atomic E-state index is -0.393. The molecule has 182 valence electrons. The van der Waals surface area contributed by atoms with E-state index in [0.29, 0.717) is 24.7 Å². The van der Waals surface area contributed by atoms with Crippen LogP contribution in [0.4, 0.5) is 0 Å². The molecule has 0 spiro atoms. The van der Waals surface area contributed by atoms with Crippen LogP contribution in [-0.2, 0) is 13.1 Å². The van der Waals surface area contributed by atoms with E-state index in [9.17, 15) is 9.59 Å². The molecule has 3 aromatic heterocycles. The Bertz CT molecular complexity index is 1430. The molecular weight excluding hydrogens is 452 g/mol. The lowest BCUT2D eigenvalue weighted by Gasteiger charge is -2.23. The van der Waals surface area contributed by atoms with Gasteiger partial charge in [-0.3, -0.25) is 19.0 Å². The van der Waals surface area contributed by atoms with E-state index in [1.165, 1.54) is 10.6 Å². The van der Waals surface area contributed by atoms with Crippen molar-refractivity contribution in [3.8, 4) is 5.75 Å². The van der Waals surface area contributed by atoms with E-state index in [2.05, 4.69) is 22.1 Å². The molecule has 0 bridgehead atoms. The van der Waals surface area contributed by atoms with Gasteiger partial charge in [0, 0.05) is 25.1 Å². The summed E-state index contributed by atoms with van der Waals surface area (Å²) in [4.78, 5) is 37.1. The Morgan fingerprint density at radius 1 is 1.03 bits per heavy atom. The highest BCUT2D eigenvalue weighted by Gasteiger charge is 2.22. The number of rotatable bonds is 8. The minimum absolute atomic E-state index is 0.0207. The Balaban J connectivity index is 1.39. The number of allylic oxidation sites excluding steroid dienone is 2. The number of ether oxygens (including phenoxy) is 1. The van der Waals surface area contributed by atoms with Crippen LogP contribution in [0.3, 0.4) is 0 Å². The number of aromatic nitrogens is 3. The molecule has 1 atom stereocenters. The predicted molar refractivity (Wildman–Crippen MR) is 138 cm³/mol. The molecule has 36 heavy (non-hydrogen) atoms.